The molecule has 17 heavy (non-hydrogen) atoms. The molecule has 1 atom stereocenters. The van der Waals surface area contributed by atoms with Crippen LogP contribution < -0.4 is 10.6 Å². The van der Waals surface area contributed by atoms with Gasteiger partial charge in [0, 0.05) is 26.3 Å². The van der Waals surface area contributed by atoms with Crippen LogP contribution in [-0.2, 0) is 9.53 Å². The quantitative estimate of drug-likeness (QED) is 0.662. The summed E-state index contributed by atoms with van der Waals surface area (Å²) in [6, 6.07) is 0.479. The summed E-state index contributed by atoms with van der Waals surface area (Å²) in [6.07, 6.45) is 4.57. The molecule has 0 heterocycles. The van der Waals surface area contributed by atoms with Crippen molar-refractivity contribution in [2.75, 3.05) is 26.8 Å². The number of methoxy groups -OCH3 is 1. The van der Waals surface area contributed by atoms with Crippen LogP contribution >= 0.6 is 0 Å². The van der Waals surface area contributed by atoms with E-state index in [0.29, 0.717) is 31.2 Å². The molecule has 0 bridgehead atoms. The largest absolute Gasteiger partial charge is 0.385 e. The minimum absolute atomic E-state index is 0.0869. The van der Waals surface area contributed by atoms with Crippen molar-refractivity contribution in [3.05, 3.63) is 0 Å². The summed E-state index contributed by atoms with van der Waals surface area (Å²) in [7, 11) is 1.67. The van der Waals surface area contributed by atoms with Crippen LogP contribution in [0, 0.1) is 5.41 Å². The lowest BCUT2D eigenvalue weighted by Crippen LogP contribution is -2.43. The Morgan fingerprint density at radius 2 is 2.24 bits per heavy atom. The number of hydrogen-bond acceptors (Lipinski definition) is 3. The molecule has 0 aromatic heterocycles. The maximum Gasteiger partial charge on any atom is 0.233 e. The lowest BCUT2D eigenvalue weighted by molar-refractivity contribution is -0.120. The van der Waals surface area contributed by atoms with Crippen molar-refractivity contribution in [1.82, 2.24) is 10.6 Å². The van der Waals surface area contributed by atoms with Crippen LogP contribution in [-0.4, -0.2) is 38.8 Å². The molecule has 1 aliphatic carbocycles. The van der Waals surface area contributed by atoms with Gasteiger partial charge in [0.15, 0.2) is 0 Å². The van der Waals surface area contributed by atoms with Crippen LogP contribution in [0.25, 0.3) is 0 Å². The zero-order chi connectivity index (χ0) is 12.7. The van der Waals surface area contributed by atoms with Crippen LogP contribution in [0.1, 0.15) is 39.5 Å². The van der Waals surface area contributed by atoms with Crippen molar-refractivity contribution in [3.8, 4) is 0 Å². The number of nitrogens with one attached hydrogen (secondary N) is 2. The molecule has 1 fully saturated rings. The van der Waals surface area contributed by atoms with Crippen molar-refractivity contribution >= 4 is 5.91 Å². The minimum atomic E-state index is 0.0869. The van der Waals surface area contributed by atoms with Crippen molar-refractivity contribution in [1.29, 1.82) is 0 Å². The van der Waals surface area contributed by atoms with Crippen LogP contribution in [0.2, 0.25) is 0 Å². The van der Waals surface area contributed by atoms with Gasteiger partial charge in [-0.1, -0.05) is 20.3 Å². The number of carbonyl (C=O) groups excluding carboxylic acids is 1. The summed E-state index contributed by atoms with van der Waals surface area (Å²) in [5.41, 5.74) is 0.330. The van der Waals surface area contributed by atoms with Crippen molar-refractivity contribution < 1.29 is 9.53 Å². The Hall–Kier alpha value is -0.610. The highest BCUT2D eigenvalue weighted by Gasteiger charge is 2.34. The van der Waals surface area contributed by atoms with Gasteiger partial charge in [0.2, 0.25) is 5.91 Å². The van der Waals surface area contributed by atoms with E-state index >= 15 is 0 Å². The predicted octanol–water partition coefficient (Wildman–Crippen LogP) is 1.31. The molecule has 0 spiro atoms. The van der Waals surface area contributed by atoms with Crippen LogP contribution in [0.5, 0.6) is 0 Å². The Morgan fingerprint density at radius 1 is 1.47 bits per heavy atom. The van der Waals surface area contributed by atoms with Crippen LogP contribution in [0.3, 0.4) is 0 Å². The first-order chi connectivity index (χ1) is 8.06. The first-order valence-electron chi connectivity index (χ1n) is 6.55. The fourth-order valence-corrected chi connectivity index (χ4v) is 2.43. The summed E-state index contributed by atoms with van der Waals surface area (Å²) < 4.78 is 4.93. The second-order valence-electron chi connectivity index (χ2n) is 5.51. The third-order valence-electron chi connectivity index (χ3n) is 3.61. The molecule has 1 amide bonds. The van der Waals surface area contributed by atoms with Gasteiger partial charge in [0.25, 0.3) is 0 Å². The standard InChI is InChI=1S/C13H26N2O2/c1-13(2)7-4-6-11(13)15-10-12(16)14-8-5-9-17-3/h11,15H,4-10H2,1-3H3,(H,14,16). The fourth-order valence-electron chi connectivity index (χ4n) is 2.43. The first kappa shape index (κ1) is 14.5. The highest BCUT2D eigenvalue weighted by Crippen LogP contribution is 2.36. The molecule has 100 valence electrons. The molecule has 4 heteroatoms. The van der Waals surface area contributed by atoms with Gasteiger partial charge in [0.05, 0.1) is 6.54 Å². The molecule has 1 aliphatic rings. The number of rotatable bonds is 7. The van der Waals surface area contributed by atoms with E-state index in [1.807, 2.05) is 0 Å². The summed E-state index contributed by atoms with van der Waals surface area (Å²) >= 11 is 0. The average Bonchev–Trinajstić information content (AvgIpc) is 2.61. The molecule has 1 rings (SSSR count). The minimum Gasteiger partial charge on any atom is -0.385 e. The van der Waals surface area contributed by atoms with Gasteiger partial charge in [0.1, 0.15) is 0 Å². The molecule has 1 saturated carbocycles. The maximum absolute atomic E-state index is 11.6. The molecule has 0 aromatic carbocycles. The molecular formula is C13H26N2O2. The number of carbonyl (C=O) groups is 1. The lowest BCUT2D eigenvalue weighted by Gasteiger charge is -2.27. The summed E-state index contributed by atoms with van der Waals surface area (Å²) in [5.74, 6) is 0.0869. The van der Waals surface area contributed by atoms with E-state index in [0.717, 1.165) is 6.42 Å². The summed E-state index contributed by atoms with van der Waals surface area (Å²) in [4.78, 5) is 11.6. The van der Waals surface area contributed by atoms with Gasteiger partial charge in [-0.3, -0.25) is 4.79 Å². The predicted molar refractivity (Wildman–Crippen MR) is 68.9 cm³/mol. The molecule has 2 N–H and O–H groups in total. The van der Waals surface area contributed by atoms with E-state index in [1.54, 1.807) is 7.11 Å². The molecule has 0 aromatic rings. The second-order valence-corrected chi connectivity index (χ2v) is 5.51. The van der Waals surface area contributed by atoms with Crippen molar-refractivity contribution in [2.24, 2.45) is 5.41 Å². The Bertz CT molecular complexity index is 242. The third kappa shape index (κ3) is 5.04. The Morgan fingerprint density at radius 3 is 2.82 bits per heavy atom. The number of amides is 1. The van der Waals surface area contributed by atoms with Crippen molar-refractivity contribution in [2.45, 2.75) is 45.6 Å². The van der Waals surface area contributed by atoms with E-state index in [1.165, 1.54) is 19.3 Å². The summed E-state index contributed by atoms with van der Waals surface area (Å²) in [5, 5.41) is 6.26. The van der Waals surface area contributed by atoms with Gasteiger partial charge in [-0.2, -0.15) is 0 Å². The fraction of sp³-hybridized carbons (Fsp3) is 0.923. The first-order valence-corrected chi connectivity index (χ1v) is 6.55. The van der Waals surface area contributed by atoms with Gasteiger partial charge in [-0.05, 0) is 24.7 Å². The average molecular weight is 242 g/mol. The van der Waals surface area contributed by atoms with E-state index in [-0.39, 0.29) is 5.91 Å². The Balaban J connectivity index is 2.11. The van der Waals surface area contributed by atoms with E-state index in [2.05, 4.69) is 24.5 Å². The van der Waals surface area contributed by atoms with E-state index < -0.39 is 0 Å². The zero-order valence-electron chi connectivity index (χ0n) is 11.3. The number of hydrogen-bond donors (Lipinski definition) is 2. The van der Waals surface area contributed by atoms with Crippen LogP contribution in [0.15, 0.2) is 0 Å². The smallest absolute Gasteiger partial charge is 0.233 e. The third-order valence-corrected chi connectivity index (χ3v) is 3.61. The van der Waals surface area contributed by atoms with Gasteiger partial charge in [-0.25, -0.2) is 0 Å². The molecular weight excluding hydrogens is 216 g/mol. The number of ether oxygens (including phenoxy) is 1. The van der Waals surface area contributed by atoms with Crippen LogP contribution in [0.4, 0.5) is 0 Å². The zero-order valence-corrected chi connectivity index (χ0v) is 11.3. The highest BCUT2D eigenvalue weighted by molar-refractivity contribution is 5.77. The van der Waals surface area contributed by atoms with E-state index in [4.69, 9.17) is 4.74 Å². The maximum atomic E-state index is 11.6. The lowest BCUT2D eigenvalue weighted by atomic mass is 9.87. The van der Waals surface area contributed by atoms with Gasteiger partial charge < -0.3 is 15.4 Å². The van der Waals surface area contributed by atoms with Gasteiger partial charge in [-0.15, -0.1) is 0 Å². The monoisotopic (exact) mass is 242 g/mol. The topological polar surface area (TPSA) is 50.4 Å². The van der Waals surface area contributed by atoms with E-state index in [9.17, 15) is 4.79 Å². The Labute approximate surface area is 104 Å². The molecule has 1 unspecified atom stereocenters. The highest BCUT2D eigenvalue weighted by atomic mass is 16.5. The molecule has 4 nitrogen and oxygen atoms in total. The Kier molecular flexibility index (Phi) is 5.92. The summed E-state index contributed by atoms with van der Waals surface area (Å²) in [6.45, 7) is 6.37. The second kappa shape index (κ2) is 6.97. The normalized spacial score (nSPS) is 22.6. The van der Waals surface area contributed by atoms with Crippen molar-refractivity contribution in [3.63, 3.8) is 0 Å². The SMILES string of the molecule is COCCCNC(=O)CNC1CCCC1(C)C. The van der Waals surface area contributed by atoms with Gasteiger partial charge >= 0.3 is 0 Å². The molecule has 0 radical (unpaired) electrons. The molecule has 0 saturated heterocycles. The molecule has 0 aliphatic heterocycles.